The van der Waals surface area contributed by atoms with Gasteiger partial charge in [0.1, 0.15) is 0 Å². The molecule has 0 bridgehead atoms. The van der Waals surface area contributed by atoms with Crippen molar-refractivity contribution in [3.05, 3.63) is 35.5 Å². The Morgan fingerprint density at radius 1 is 1.35 bits per heavy atom. The van der Waals surface area contributed by atoms with Crippen LogP contribution in [0.15, 0.2) is 22.7 Å². The fourth-order valence-corrected chi connectivity index (χ4v) is 1.91. The van der Waals surface area contributed by atoms with Crippen LogP contribution in [0, 0.1) is 0 Å². The van der Waals surface area contributed by atoms with Crippen molar-refractivity contribution in [1.29, 1.82) is 0 Å². The monoisotopic (exact) mass is 276 g/mol. The van der Waals surface area contributed by atoms with Crippen molar-refractivity contribution in [3.63, 3.8) is 0 Å². The Bertz CT molecular complexity index is 593. The van der Waals surface area contributed by atoms with Gasteiger partial charge in [-0.2, -0.15) is 4.98 Å². The third-order valence-electron chi connectivity index (χ3n) is 3.19. The van der Waals surface area contributed by atoms with Gasteiger partial charge in [-0.05, 0) is 30.5 Å². The van der Waals surface area contributed by atoms with Gasteiger partial charge in [0.15, 0.2) is 23.9 Å². The molecule has 1 saturated carbocycles. The molecule has 106 valence electrons. The Balaban J connectivity index is 1.69. The van der Waals surface area contributed by atoms with Crippen LogP contribution in [-0.2, 0) is 13.2 Å². The van der Waals surface area contributed by atoms with Crippen molar-refractivity contribution >= 4 is 0 Å². The second-order valence-electron chi connectivity index (χ2n) is 4.75. The van der Waals surface area contributed by atoms with Crippen LogP contribution in [0.3, 0.4) is 0 Å². The highest BCUT2D eigenvalue weighted by Crippen LogP contribution is 2.38. The standard InChI is InChI=1S/C14H16N2O4/c1-18-11-5-2-9(7-17)6-12(11)19-8-13-15-14(16-20-13)10-3-4-10/h2,5-6,10,17H,3-4,7-8H2,1H3. The predicted molar refractivity (Wildman–Crippen MR) is 69.5 cm³/mol. The molecule has 0 amide bonds. The number of aliphatic hydroxyl groups excluding tert-OH is 1. The number of benzene rings is 1. The lowest BCUT2D eigenvalue weighted by Crippen LogP contribution is -1.99. The number of methoxy groups -OCH3 is 1. The zero-order chi connectivity index (χ0) is 13.9. The summed E-state index contributed by atoms with van der Waals surface area (Å²) in [6.07, 6.45) is 2.26. The molecule has 6 heteroatoms. The third-order valence-corrected chi connectivity index (χ3v) is 3.19. The molecule has 1 aliphatic carbocycles. The van der Waals surface area contributed by atoms with Crippen molar-refractivity contribution in [2.24, 2.45) is 0 Å². The summed E-state index contributed by atoms with van der Waals surface area (Å²) in [6, 6.07) is 5.27. The summed E-state index contributed by atoms with van der Waals surface area (Å²) in [5, 5.41) is 13.1. The molecule has 1 N–H and O–H groups in total. The summed E-state index contributed by atoms with van der Waals surface area (Å²) in [4.78, 5) is 4.29. The quantitative estimate of drug-likeness (QED) is 0.869. The summed E-state index contributed by atoms with van der Waals surface area (Å²) in [5.41, 5.74) is 0.755. The van der Waals surface area contributed by atoms with Gasteiger partial charge >= 0.3 is 0 Å². The van der Waals surface area contributed by atoms with Crippen molar-refractivity contribution in [3.8, 4) is 11.5 Å². The number of nitrogens with zero attached hydrogens (tertiary/aromatic N) is 2. The van der Waals surface area contributed by atoms with Crippen LogP contribution < -0.4 is 9.47 Å². The molecule has 3 rings (SSSR count). The number of aliphatic hydroxyl groups is 1. The molecule has 0 saturated heterocycles. The lowest BCUT2D eigenvalue weighted by atomic mass is 10.2. The summed E-state index contributed by atoms with van der Waals surface area (Å²) in [6.45, 7) is 0.137. The van der Waals surface area contributed by atoms with Crippen LogP contribution >= 0.6 is 0 Å². The van der Waals surface area contributed by atoms with E-state index in [9.17, 15) is 0 Å². The normalized spacial score (nSPS) is 14.3. The van der Waals surface area contributed by atoms with E-state index in [1.165, 1.54) is 0 Å². The maximum absolute atomic E-state index is 9.14. The summed E-state index contributed by atoms with van der Waals surface area (Å²) in [5.74, 6) is 2.82. The van der Waals surface area contributed by atoms with E-state index in [2.05, 4.69) is 10.1 Å². The minimum Gasteiger partial charge on any atom is -0.493 e. The molecule has 1 aromatic carbocycles. The number of ether oxygens (including phenoxy) is 2. The van der Waals surface area contributed by atoms with Crippen molar-refractivity contribution in [2.45, 2.75) is 32.0 Å². The molecule has 1 aromatic heterocycles. The second-order valence-corrected chi connectivity index (χ2v) is 4.75. The second kappa shape index (κ2) is 5.50. The summed E-state index contributed by atoms with van der Waals surface area (Å²) >= 11 is 0. The van der Waals surface area contributed by atoms with Gasteiger partial charge in [-0.1, -0.05) is 11.2 Å². The molecule has 20 heavy (non-hydrogen) atoms. The Labute approximate surface area is 116 Å². The molecule has 0 radical (unpaired) electrons. The minimum atomic E-state index is -0.0489. The fourth-order valence-electron chi connectivity index (χ4n) is 1.91. The lowest BCUT2D eigenvalue weighted by molar-refractivity contribution is 0.231. The molecular formula is C14H16N2O4. The number of aromatic nitrogens is 2. The van der Waals surface area contributed by atoms with Crippen molar-refractivity contribution < 1.29 is 19.1 Å². The molecule has 6 nitrogen and oxygen atoms in total. The Morgan fingerprint density at radius 2 is 2.20 bits per heavy atom. The first kappa shape index (κ1) is 12.9. The highest BCUT2D eigenvalue weighted by Gasteiger charge is 2.28. The minimum absolute atomic E-state index is 0.0489. The molecule has 1 fully saturated rings. The summed E-state index contributed by atoms with van der Waals surface area (Å²) in [7, 11) is 1.57. The van der Waals surface area contributed by atoms with Gasteiger partial charge in [0.05, 0.1) is 13.7 Å². The SMILES string of the molecule is COc1ccc(CO)cc1OCc1nc(C2CC2)no1. The third kappa shape index (κ3) is 2.75. The molecule has 0 unspecified atom stereocenters. The molecular weight excluding hydrogens is 260 g/mol. The Hall–Kier alpha value is -2.08. The van der Waals surface area contributed by atoms with Crippen molar-refractivity contribution in [2.75, 3.05) is 7.11 Å². The van der Waals surface area contributed by atoms with Gasteiger partial charge in [-0.3, -0.25) is 0 Å². The number of hydrogen-bond donors (Lipinski definition) is 1. The van der Waals surface area contributed by atoms with Gasteiger partial charge in [-0.25, -0.2) is 0 Å². The number of rotatable bonds is 6. The predicted octanol–water partition coefficient (Wildman–Crippen LogP) is 2.03. The van der Waals surface area contributed by atoms with E-state index in [1.54, 1.807) is 25.3 Å². The van der Waals surface area contributed by atoms with Crippen LogP contribution in [0.5, 0.6) is 11.5 Å². The van der Waals surface area contributed by atoms with Gasteiger partial charge in [-0.15, -0.1) is 0 Å². The molecule has 0 aliphatic heterocycles. The highest BCUT2D eigenvalue weighted by atomic mass is 16.5. The smallest absolute Gasteiger partial charge is 0.264 e. The van der Waals surface area contributed by atoms with E-state index >= 15 is 0 Å². The van der Waals surface area contributed by atoms with Gasteiger partial charge in [0, 0.05) is 5.92 Å². The average Bonchev–Trinajstić information content (AvgIpc) is 3.24. The molecule has 0 atom stereocenters. The van der Waals surface area contributed by atoms with E-state index in [0.717, 1.165) is 24.2 Å². The lowest BCUT2D eigenvalue weighted by Gasteiger charge is -2.10. The van der Waals surface area contributed by atoms with Crippen LogP contribution in [0.4, 0.5) is 0 Å². The summed E-state index contributed by atoms with van der Waals surface area (Å²) < 4.78 is 16.0. The first-order valence-electron chi connectivity index (χ1n) is 6.53. The van der Waals surface area contributed by atoms with E-state index in [4.69, 9.17) is 19.1 Å². The first-order valence-corrected chi connectivity index (χ1v) is 6.53. The average molecular weight is 276 g/mol. The van der Waals surface area contributed by atoms with E-state index in [1.807, 2.05) is 0 Å². The van der Waals surface area contributed by atoms with Gasteiger partial charge < -0.3 is 19.1 Å². The molecule has 1 heterocycles. The number of hydrogen-bond acceptors (Lipinski definition) is 6. The zero-order valence-electron chi connectivity index (χ0n) is 11.2. The van der Waals surface area contributed by atoms with Crippen LogP contribution in [0.2, 0.25) is 0 Å². The Morgan fingerprint density at radius 3 is 2.90 bits per heavy atom. The zero-order valence-corrected chi connectivity index (χ0v) is 11.2. The maximum atomic E-state index is 9.14. The first-order chi connectivity index (χ1) is 9.80. The maximum Gasteiger partial charge on any atom is 0.264 e. The van der Waals surface area contributed by atoms with E-state index in [0.29, 0.717) is 23.3 Å². The van der Waals surface area contributed by atoms with Gasteiger partial charge in [0.2, 0.25) is 0 Å². The van der Waals surface area contributed by atoms with Crippen molar-refractivity contribution in [1.82, 2.24) is 10.1 Å². The van der Waals surface area contributed by atoms with Crippen LogP contribution in [-0.4, -0.2) is 22.4 Å². The molecule has 1 aliphatic rings. The van der Waals surface area contributed by atoms with Gasteiger partial charge in [0.25, 0.3) is 5.89 Å². The van der Waals surface area contributed by atoms with E-state index < -0.39 is 0 Å². The Kier molecular flexibility index (Phi) is 3.56. The molecule has 2 aromatic rings. The topological polar surface area (TPSA) is 77.6 Å². The fraction of sp³-hybridized carbons (Fsp3) is 0.429. The largest absolute Gasteiger partial charge is 0.493 e. The molecule has 0 spiro atoms. The van der Waals surface area contributed by atoms with Crippen LogP contribution in [0.1, 0.15) is 36.0 Å². The highest BCUT2D eigenvalue weighted by molar-refractivity contribution is 5.42. The van der Waals surface area contributed by atoms with Crippen LogP contribution in [0.25, 0.3) is 0 Å². The van der Waals surface area contributed by atoms with E-state index in [-0.39, 0.29) is 13.2 Å².